The minimum Gasteiger partial charge on any atom is -0.345 e. The molecule has 0 aliphatic heterocycles. The number of nitrogens with one attached hydrogen (secondary N) is 1. The van der Waals surface area contributed by atoms with Crippen LogP contribution in [0.5, 0.6) is 0 Å². The van der Waals surface area contributed by atoms with Crippen LogP contribution in [-0.2, 0) is 0 Å². The lowest BCUT2D eigenvalue weighted by Crippen LogP contribution is -2.25. The second kappa shape index (κ2) is 5.79. The molecule has 0 saturated carbocycles. The Labute approximate surface area is 130 Å². The van der Waals surface area contributed by atoms with Crippen molar-refractivity contribution in [3.05, 3.63) is 58.3 Å². The Morgan fingerprint density at radius 2 is 2.05 bits per heavy atom. The van der Waals surface area contributed by atoms with Gasteiger partial charge < -0.3 is 5.32 Å². The van der Waals surface area contributed by atoms with Crippen LogP contribution >= 0.6 is 22.9 Å². The molecule has 3 aromatic heterocycles. The lowest BCUT2D eigenvalue weighted by molar-refractivity contribution is 0.0944. The Kier molecular flexibility index (Phi) is 3.86. The third-order valence-electron chi connectivity index (χ3n) is 3.14. The van der Waals surface area contributed by atoms with Gasteiger partial charge in [-0.1, -0.05) is 11.6 Å². The smallest absolute Gasteiger partial charge is 0.261 e. The number of carbonyl (C=O) groups excluding carboxylic acids is 1. The summed E-state index contributed by atoms with van der Waals surface area (Å²) in [7, 11) is 0. The van der Waals surface area contributed by atoms with Crippen LogP contribution < -0.4 is 5.32 Å². The first-order valence-electron chi connectivity index (χ1n) is 6.40. The molecule has 1 amide bonds. The number of amides is 1. The molecule has 3 heterocycles. The molecule has 4 nitrogen and oxygen atoms in total. The molecule has 0 bridgehead atoms. The summed E-state index contributed by atoms with van der Waals surface area (Å²) in [4.78, 5) is 21.1. The van der Waals surface area contributed by atoms with Gasteiger partial charge in [0.1, 0.15) is 0 Å². The average molecular weight is 318 g/mol. The first-order chi connectivity index (χ1) is 10.1. The fourth-order valence-electron chi connectivity index (χ4n) is 2.02. The highest BCUT2D eigenvalue weighted by Crippen LogP contribution is 2.30. The van der Waals surface area contributed by atoms with Crippen molar-refractivity contribution in [2.45, 2.75) is 13.0 Å². The third-order valence-corrected chi connectivity index (χ3v) is 4.72. The number of rotatable bonds is 3. The van der Waals surface area contributed by atoms with Gasteiger partial charge in [-0.3, -0.25) is 14.8 Å². The van der Waals surface area contributed by atoms with Crippen LogP contribution in [0.3, 0.4) is 0 Å². The lowest BCUT2D eigenvalue weighted by Gasteiger charge is -2.13. The maximum atomic E-state index is 12.3. The van der Waals surface area contributed by atoms with Crippen LogP contribution in [0.15, 0.2) is 42.9 Å². The van der Waals surface area contributed by atoms with Gasteiger partial charge in [0.2, 0.25) is 0 Å². The van der Waals surface area contributed by atoms with E-state index >= 15 is 0 Å². The predicted octanol–water partition coefficient (Wildman–Crippen LogP) is 3.84. The minimum atomic E-state index is -0.127. The van der Waals surface area contributed by atoms with Gasteiger partial charge in [-0.05, 0) is 36.8 Å². The van der Waals surface area contributed by atoms with Crippen LogP contribution in [0, 0.1) is 0 Å². The van der Waals surface area contributed by atoms with E-state index < -0.39 is 0 Å². The molecule has 0 radical (unpaired) electrons. The Balaban J connectivity index is 1.82. The normalized spacial score (nSPS) is 12.3. The number of halogens is 1. The number of hydrogen-bond donors (Lipinski definition) is 1. The fourth-order valence-corrected chi connectivity index (χ4v) is 3.21. The topological polar surface area (TPSA) is 54.9 Å². The van der Waals surface area contributed by atoms with E-state index in [4.69, 9.17) is 11.6 Å². The number of aromatic nitrogens is 2. The Bertz CT molecular complexity index is 788. The molecule has 0 aliphatic carbocycles. The molecule has 0 saturated heterocycles. The van der Waals surface area contributed by atoms with E-state index in [0.717, 1.165) is 15.8 Å². The zero-order valence-corrected chi connectivity index (χ0v) is 12.8. The summed E-state index contributed by atoms with van der Waals surface area (Å²) in [5, 5.41) is 3.58. The number of pyridine rings is 2. The molecule has 1 unspecified atom stereocenters. The summed E-state index contributed by atoms with van der Waals surface area (Å²) in [5.74, 6) is -0.127. The standard InChI is InChI=1S/C15H12ClN3OS/c1-9(10-2-5-17-6-3-10)19-15(20)13-8-12-14(21-13)11(16)4-7-18-12/h2-9H,1H3,(H,19,20). The van der Waals surface area contributed by atoms with Crippen LogP contribution in [0.25, 0.3) is 10.2 Å². The van der Waals surface area contributed by atoms with Gasteiger partial charge in [0.15, 0.2) is 0 Å². The number of thiophene rings is 1. The SMILES string of the molecule is CC(NC(=O)c1cc2nccc(Cl)c2s1)c1ccncc1. The first kappa shape index (κ1) is 14.0. The van der Waals surface area contributed by atoms with Crippen molar-refractivity contribution in [1.29, 1.82) is 0 Å². The quantitative estimate of drug-likeness (QED) is 0.798. The Morgan fingerprint density at radius 1 is 1.29 bits per heavy atom. The van der Waals surface area contributed by atoms with E-state index in [1.807, 2.05) is 19.1 Å². The molecule has 1 N–H and O–H groups in total. The molecule has 3 aromatic rings. The molecule has 0 fully saturated rings. The minimum absolute atomic E-state index is 0.0888. The van der Waals surface area contributed by atoms with Crippen LogP contribution in [0.1, 0.15) is 28.2 Å². The van der Waals surface area contributed by atoms with Crippen molar-refractivity contribution >= 4 is 39.1 Å². The molecular formula is C15H12ClN3OS. The van der Waals surface area contributed by atoms with Gasteiger partial charge in [0.05, 0.1) is 26.2 Å². The maximum Gasteiger partial charge on any atom is 0.261 e. The summed E-state index contributed by atoms with van der Waals surface area (Å²) in [6.07, 6.45) is 5.06. The number of hydrogen-bond acceptors (Lipinski definition) is 4. The zero-order valence-electron chi connectivity index (χ0n) is 11.2. The molecule has 21 heavy (non-hydrogen) atoms. The van der Waals surface area contributed by atoms with E-state index in [1.165, 1.54) is 11.3 Å². The highest BCUT2D eigenvalue weighted by molar-refractivity contribution is 7.21. The highest BCUT2D eigenvalue weighted by Gasteiger charge is 2.15. The molecule has 106 valence electrons. The van der Waals surface area contributed by atoms with E-state index in [1.54, 1.807) is 30.7 Å². The number of fused-ring (bicyclic) bond motifs is 1. The zero-order chi connectivity index (χ0) is 14.8. The summed E-state index contributed by atoms with van der Waals surface area (Å²) < 4.78 is 0.834. The fraction of sp³-hybridized carbons (Fsp3) is 0.133. The molecular weight excluding hydrogens is 306 g/mol. The molecule has 1 atom stereocenters. The second-order valence-corrected chi connectivity index (χ2v) is 6.05. The van der Waals surface area contributed by atoms with Gasteiger partial charge in [0.25, 0.3) is 5.91 Å². The van der Waals surface area contributed by atoms with Crippen molar-refractivity contribution in [2.24, 2.45) is 0 Å². The molecule has 6 heteroatoms. The predicted molar refractivity (Wildman–Crippen MR) is 84.7 cm³/mol. The second-order valence-electron chi connectivity index (χ2n) is 4.59. The van der Waals surface area contributed by atoms with Crippen molar-refractivity contribution in [1.82, 2.24) is 15.3 Å². The summed E-state index contributed by atoms with van der Waals surface area (Å²) >= 11 is 7.46. The Morgan fingerprint density at radius 3 is 2.76 bits per heavy atom. The largest absolute Gasteiger partial charge is 0.345 e. The number of nitrogens with zero attached hydrogens (tertiary/aromatic N) is 2. The van der Waals surface area contributed by atoms with Gasteiger partial charge in [-0.2, -0.15) is 0 Å². The first-order valence-corrected chi connectivity index (χ1v) is 7.59. The van der Waals surface area contributed by atoms with Gasteiger partial charge >= 0.3 is 0 Å². The maximum absolute atomic E-state index is 12.3. The van der Waals surface area contributed by atoms with Crippen LogP contribution in [0.4, 0.5) is 0 Å². The van der Waals surface area contributed by atoms with Crippen molar-refractivity contribution in [3.63, 3.8) is 0 Å². The van der Waals surface area contributed by atoms with Crippen LogP contribution in [0.2, 0.25) is 5.02 Å². The molecule has 3 rings (SSSR count). The lowest BCUT2D eigenvalue weighted by atomic mass is 10.1. The van der Waals surface area contributed by atoms with Gasteiger partial charge in [0, 0.05) is 18.6 Å². The van der Waals surface area contributed by atoms with E-state index in [2.05, 4.69) is 15.3 Å². The summed E-state index contributed by atoms with van der Waals surface area (Å²) in [6.45, 7) is 1.94. The van der Waals surface area contributed by atoms with Crippen LogP contribution in [-0.4, -0.2) is 15.9 Å². The molecule has 0 aromatic carbocycles. The molecule has 0 aliphatic rings. The van der Waals surface area contributed by atoms with E-state index in [-0.39, 0.29) is 11.9 Å². The average Bonchev–Trinajstić information content (AvgIpc) is 2.94. The summed E-state index contributed by atoms with van der Waals surface area (Å²) in [5.41, 5.74) is 1.75. The van der Waals surface area contributed by atoms with Crippen molar-refractivity contribution in [2.75, 3.05) is 0 Å². The summed E-state index contributed by atoms with van der Waals surface area (Å²) in [6, 6.07) is 7.17. The number of carbonyl (C=O) groups is 1. The van der Waals surface area contributed by atoms with E-state index in [9.17, 15) is 4.79 Å². The van der Waals surface area contributed by atoms with Gasteiger partial charge in [-0.25, -0.2) is 0 Å². The molecule has 0 spiro atoms. The van der Waals surface area contributed by atoms with E-state index in [0.29, 0.717) is 9.90 Å². The van der Waals surface area contributed by atoms with Crippen molar-refractivity contribution in [3.8, 4) is 0 Å². The highest BCUT2D eigenvalue weighted by atomic mass is 35.5. The van der Waals surface area contributed by atoms with Gasteiger partial charge in [-0.15, -0.1) is 11.3 Å². The van der Waals surface area contributed by atoms with Crippen molar-refractivity contribution < 1.29 is 4.79 Å². The Hall–Kier alpha value is -1.98. The monoisotopic (exact) mass is 317 g/mol. The third kappa shape index (κ3) is 2.89.